The molecule has 134 valence electrons. The van der Waals surface area contributed by atoms with Crippen LogP contribution >= 0.6 is 11.3 Å². The van der Waals surface area contributed by atoms with Gasteiger partial charge in [-0.2, -0.15) is 18.3 Å². The molecule has 1 aromatic carbocycles. The van der Waals surface area contributed by atoms with Crippen molar-refractivity contribution >= 4 is 27.4 Å². The molecule has 4 nitrogen and oxygen atoms in total. The molecule has 0 spiro atoms. The molecule has 2 aromatic heterocycles. The molecular formula is C18H15F3N4S. The number of alkyl halides is 3. The van der Waals surface area contributed by atoms with Crippen LogP contribution in [-0.4, -0.2) is 9.97 Å². The minimum absolute atomic E-state index is 0.0985. The van der Waals surface area contributed by atoms with Gasteiger partial charge in [0, 0.05) is 4.88 Å². The van der Waals surface area contributed by atoms with Gasteiger partial charge >= 0.3 is 6.18 Å². The van der Waals surface area contributed by atoms with Crippen LogP contribution in [0.15, 0.2) is 40.8 Å². The van der Waals surface area contributed by atoms with Crippen molar-refractivity contribution in [2.75, 3.05) is 0 Å². The summed E-state index contributed by atoms with van der Waals surface area (Å²) in [6, 6.07) is 5.42. The zero-order chi connectivity index (χ0) is 18.1. The average Bonchev–Trinajstić information content (AvgIpc) is 3.01. The van der Waals surface area contributed by atoms with Crippen LogP contribution in [0.4, 0.5) is 19.0 Å². The summed E-state index contributed by atoms with van der Waals surface area (Å²) in [6.07, 6.45) is 1.30. The van der Waals surface area contributed by atoms with Crippen LogP contribution < -0.4 is 0 Å². The number of halogens is 3. The van der Waals surface area contributed by atoms with E-state index >= 15 is 0 Å². The van der Waals surface area contributed by atoms with Crippen LogP contribution in [0.1, 0.15) is 34.4 Å². The molecule has 8 heteroatoms. The molecule has 0 aliphatic heterocycles. The number of aromatic nitrogens is 2. The van der Waals surface area contributed by atoms with Crippen molar-refractivity contribution in [2.45, 2.75) is 38.4 Å². The summed E-state index contributed by atoms with van der Waals surface area (Å²) in [5, 5.41) is 9.05. The van der Waals surface area contributed by atoms with Crippen LogP contribution in [0.25, 0.3) is 10.2 Å². The molecule has 0 amide bonds. The van der Waals surface area contributed by atoms with E-state index < -0.39 is 11.7 Å². The molecular weight excluding hydrogens is 361 g/mol. The Morgan fingerprint density at radius 3 is 2.73 bits per heavy atom. The van der Waals surface area contributed by atoms with E-state index in [9.17, 15) is 13.2 Å². The second kappa shape index (κ2) is 6.75. The number of aryl methyl sites for hydroxylation is 2. The first-order valence-corrected chi connectivity index (χ1v) is 9.13. The summed E-state index contributed by atoms with van der Waals surface area (Å²) in [5.41, 5.74) is 0.641. The molecule has 1 aliphatic carbocycles. The van der Waals surface area contributed by atoms with Gasteiger partial charge < -0.3 is 0 Å². The molecule has 0 atom stereocenters. The number of nitrogens with zero attached hydrogens (tertiary/aromatic N) is 4. The third-order valence-electron chi connectivity index (χ3n) is 4.46. The van der Waals surface area contributed by atoms with E-state index in [1.807, 2.05) is 0 Å². The molecule has 1 aliphatic rings. The van der Waals surface area contributed by atoms with E-state index in [0.29, 0.717) is 5.82 Å². The first-order chi connectivity index (χ1) is 12.5. The third kappa shape index (κ3) is 3.21. The summed E-state index contributed by atoms with van der Waals surface area (Å²) in [4.78, 5) is 10.7. The Labute approximate surface area is 151 Å². The molecule has 0 fully saturated rings. The SMILES string of the molecule is FC(F)(F)c1ccccc1CN=Nc1ncnc2sc3c(c12)CCCC3. The average molecular weight is 376 g/mol. The summed E-state index contributed by atoms with van der Waals surface area (Å²) in [5.74, 6) is 0.443. The molecule has 4 rings (SSSR count). The van der Waals surface area contributed by atoms with E-state index in [1.165, 1.54) is 35.3 Å². The van der Waals surface area contributed by atoms with Gasteiger partial charge in [-0.3, -0.25) is 0 Å². The number of fused-ring (bicyclic) bond motifs is 3. The number of benzene rings is 1. The van der Waals surface area contributed by atoms with Crippen molar-refractivity contribution in [3.05, 3.63) is 52.2 Å². The fourth-order valence-corrected chi connectivity index (χ4v) is 4.49. The quantitative estimate of drug-likeness (QED) is 0.537. The molecule has 0 unspecified atom stereocenters. The normalized spacial score (nSPS) is 14.9. The molecule has 2 heterocycles. The van der Waals surface area contributed by atoms with Crippen LogP contribution in [0.5, 0.6) is 0 Å². The second-order valence-corrected chi connectivity index (χ2v) is 7.23. The summed E-state index contributed by atoms with van der Waals surface area (Å²) < 4.78 is 39.2. The minimum atomic E-state index is -4.40. The Morgan fingerprint density at radius 2 is 1.88 bits per heavy atom. The van der Waals surface area contributed by atoms with Gasteiger partial charge in [0.2, 0.25) is 0 Å². The Kier molecular flexibility index (Phi) is 4.44. The number of thiophene rings is 1. The standard InChI is InChI=1S/C18H15F3N4S/c19-18(20,21)13-7-3-1-5-11(13)9-24-25-16-15-12-6-2-4-8-14(12)26-17(15)23-10-22-16/h1,3,5,7,10H,2,4,6,8-9H2. The number of azo groups is 1. The van der Waals surface area contributed by atoms with Crippen molar-refractivity contribution in [3.8, 4) is 0 Å². The fraction of sp³-hybridized carbons (Fsp3) is 0.333. The van der Waals surface area contributed by atoms with Gasteiger partial charge in [-0.05, 0) is 42.9 Å². The first kappa shape index (κ1) is 17.1. The zero-order valence-corrected chi connectivity index (χ0v) is 14.6. The van der Waals surface area contributed by atoms with E-state index in [4.69, 9.17) is 0 Å². The van der Waals surface area contributed by atoms with Gasteiger partial charge in [-0.25, -0.2) is 9.97 Å². The lowest BCUT2D eigenvalue weighted by Crippen LogP contribution is -2.08. The molecule has 0 radical (unpaired) electrons. The van der Waals surface area contributed by atoms with E-state index in [1.54, 1.807) is 17.4 Å². The monoisotopic (exact) mass is 376 g/mol. The summed E-state index contributed by atoms with van der Waals surface area (Å²) >= 11 is 1.65. The lowest BCUT2D eigenvalue weighted by molar-refractivity contribution is -0.138. The zero-order valence-electron chi connectivity index (χ0n) is 13.8. The minimum Gasteiger partial charge on any atom is -0.225 e. The first-order valence-electron chi connectivity index (χ1n) is 8.32. The predicted octanol–water partition coefficient (Wildman–Crippen LogP) is 5.87. The lowest BCUT2D eigenvalue weighted by Gasteiger charge is -2.11. The lowest BCUT2D eigenvalue weighted by atomic mass is 9.97. The Bertz CT molecular complexity index is 978. The van der Waals surface area contributed by atoms with Gasteiger partial charge in [0.15, 0.2) is 5.82 Å². The second-order valence-electron chi connectivity index (χ2n) is 6.14. The van der Waals surface area contributed by atoms with E-state index in [0.717, 1.165) is 35.5 Å². The highest BCUT2D eigenvalue weighted by molar-refractivity contribution is 7.18. The van der Waals surface area contributed by atoms with E-state index in [-0.39, 0.29) is 12.1 Å². The smallest absolute Gasteiger partial charge is 0.225 e. The number of rotatable bonds is 3. The highest BCUT2D eigenvalue weighted by Crippen LogP contribution is 2.39. The number of hydrogen-bond acceptors (Lipinski definition) is 5. The van der Waals surface area contributed by atoms with Crippen LogP contribution in [-0.2, 0) is 25.6 Å². The molecule has 3 aromatic rings. The largest absolute Gasteiger partial charge is 0.416 e. The maximum Gasteiger partial charge on any atom is 0.416 e. The van der Waals surface area contributed by atoms with Crippen molar-refractivity contribution < 1.29 is 13.2 Å². The maximum absolute atomic E-state index is 13.1. The topological polar surface area (TPSA) is 50.5 Å². The Morgan fingerprint density at radius 1 is 1.08 bits per heavy atom. The Hall–Kier alpha value is -2.35. The fourth-order valence-electron chi connectivity index (χ4n) is 3.26. The predicted molar refractivity (Wildman–Crippen MR) is 93.7 cm³/mol. The van der Waals surface area contributed by atoms with E-state index in [2.05, 4.69) is 20.2 Å². The number of hydrogen-bond donors (Lipinski definition) is 0. The molecule has 0 bridgehead atoms. The van der Waals surface area contributed by atoms with Crippen molar-refractivity contribution in [1.29, 1.82) is 0 Å². The maximum atomic E-state index is 13.1. The van der Waals surface area contributed by atoms with Crippen LogP contribution in [0, 0.1) is 0 Å². The summed E-state index contributed by atoms with van der Waals surface area (Å²) in [6.45, 7) is -0.145. The van der Waals surface area contributed by atoms with Gasteiger partial charge in [0.1, 0.15) is 11.2 Å². The molecule has 0 saturated heterocycles. The van der Waals surface area contributed by atoms with Gasteiger partial charge in [0.05, 0.1) is 17.5 Å². The van der Waals surface area contributed by atoms with Crippen molar-refractivity contribution in [1.82, 2.24) is 9.97 Å². The molecule has 26 heavy (non-hydrogen) atoms. The van der Waals surface area contributed by atoms with Crippen LogP contribution in [0.2, 0.25) is 0 Å². The van der Waals surface area contributed by atoms with Crippen molar-refractivity contribution in [2.24, 2.45) is 10.2 Å². The van der Waals surface area contributed by atoms with Crippen molar-refractivity contribution in [3.63, 3.8) is 0 Å². The van der Waals surface area contributed by atoms with Gasteiger partial charge in [-0.15, -0.1) is 16.5 Å². The molecule has 0 saturated carbocycles. The van der Waals surface area contributed by atoms with Gasteiger partial charge in [0.25, 0.3) is 0 Å². The van der Waals surface area contributed by atoms with Crippen LogP contribution in [0.3, 0.4) is 0 Å². The Balaban J connectivity index is 1.66. The third-order valence-corrected chi connectivity index (χ3v) is 5.66. The highest BCUT2D eigenvalue weighted by atomic mass is 32.1. The summed E-state index contributed by atoms with van der Waals surface area (Å²) in [7, 11) is 0. The van der Waals surface area contributed by atoms with Gasteiger partial charge in [-0.1, -0.05) is 18.2 Å². The highest BCUT2D eigenvalue weighted by Gasteiger charge is 2.32. The molecule has 0 N–H and O–H groups in total.